The summed E-state index contributed by atoms with van der Waals surface area (Å²) in [7, 11) is 3.56. The number of anilines is 2. The Morgan fingerprint density at radius 2 is 1.84 bits per heavy atom. The van der Waals surface area contributed by atoms with Crippen LogP contribution in [0.2, 0.25) is 5.02 Å². The van der Waals surface area contributed by atoms with E-state index in [4.69, 9.17) is 16.6 Å². The van der Waals surface area contributed by atoms with Crippen LogP contribution in [-0.2, 0) is 6.54 Å². The van der Waals surface area contributed by atoms with Crippen LogP contribution in [0.15, 0.2) is 30.3 Å². The molecule has 0 N–H and O–H groups in total. The zero-order valence-electron chi connectivity index (χ0n) is 19.8. The van der Waals surface area contributed by atoms with Gasteiger partial charge in [-0.15, -0.1) is 0 Å². The normalized spacial score (nSPS) is 14.0. The summed E-state index contributed by atoms with van der Waals surface area (Å²) in [5.74, 6) is 1.46. The number of aromatic nitrogens is 2. The minimum absolute atomic E-state index is 0.0179. The fourth-order valence-electron chi connectivity index (χ4n) is 4.91. The van der Waals surface area contributed by atoms with E-state index >= 15 is 0 Å². The Bertz CT molecular complexity index is 1150. The van der Waals surface area contributed by atoms with E-state index in [1.165, 1.54) is 11.1 Å². The van der Waals surface area contributed by atoms with Crippen molar-refractivity contribution in [2.75, 3.05) is 25.5 Å². The molecule has 0 spiro atoms. The number of hydrogen-bond donors (Lipinski definition) is 0. The van der Waals surface area contributed by atoms with Crippen LogP contribution in [0.3, 0.4) is 0 Å². The van der Waals surface area contributed by atoms with Crippen LogP contribution in [0.5, 0.6) is 0 Å². The zero-order valence-corrected chi connectivity index (χ0v) is 20.5. The van der Waals surface area contributed by atoms with Gasteiger partial charge in [0.25, 0.3) is 5.91 Å². The van der Waals surface area contributed by atoms with Crippen molar-refractivity contribution in [1.29, 1.82) is 0 Å². The molecule has 3 aromatic rings. The molecule has 1 aromatic heterocycles. The van der Waals surface area contributed by atoms with Crippen molar-refractivity contribution in [2.45, 2.75) is 58.9 Å². The lowest BCUT2D eigenvalue weighted by Crippen LogP contribution is -2.23. The average Bonchev–Trinajstić information content (AvgIpc) is 3.04. The number of imidazole rings is 1. The van der Waals surface area contributed by atoms with Crippen LogP contribution in [0, 0.1) is 6.92 Å². The number of amides is 1. The Morgan fingerprint density at radius 3 is 2.50 bits per heavy atom. The topological polar surface area (TPSA) is 41.4 Å². The van der Waals surface area contributed by atoms with Crippen molar-refractivity contribution in [3.05, 3.63) is 52.0 Å². The van der Waals surface area contributed by atoms with Gasteiger partial charge in [0, 0.05) is 38.4 Å². The second-order valence-corrected chi connectivity index (χ2v) is 9.38. The van der Waals surface area contributed by atoms with E-state index < -0.39 is 0 Å². The van der Waals surface area contributed by atoms with E-state index in [0.29, 0.717) is 16.5 Å². The van der Waals surface area contributed by atoms with Gasteiger partial charge < -0.3 is 14.4 Å². The molecule has 0 unspecified atom stereocenters. The maximum absolute atomic E-state index is 12.4. The van der Waals surface area contributed by atoms with Crippen molar-refractivity contribution in [3.63, 3.8) is 0 Å². The van der Waals surface area contributed by atoms with Gasteiger partial charge in [0.2, 0.25) is 5.95 Å². The highest BCUT2D eigenvalue weighted by atomic mass is 35.5. The second kappa shape index (κ2) is 9.14. The maximum atomic E-state index is 12.4. The first kappa shape index (κ1) is 22.7. The largest absolute Gasteiger partial charge is 0.345 e. The summed E-state index contributed by atoms with van der Waals surface area (Å²) in [6.45, 7) is 8.40. The molecule has 0 fully saturated rings. The van der Waals surface area contributed by atoms with E-state index in [1.807, 2.05) is 18.2 Å². The van der Waals surface area contributed by atoms with Gasteiger partial charge in [-0.25, -0.2) is 4.98 Å². The van der Waals surface area contributed by atoms with Crippen molar-refractivity contribution in [1.82, 2.24) is 14.5 Å². The van der Waals surface area contributed by atoms with Gasteiger partial charge in [-0.3, -0.25) is 4.79 Å². The number of benzene rings is 2. The SMILES string of the molecule is CCC(CC)c1ccc(Cl)c2nc3n(c12)CCCCN3c1ccc(C(=O)N(C)C)cc1C. The molecular weight excluding hydrogens is 420 g/mol. The first-order valence-electron chi connectivity index (χ1n) is 11.7. The van der Waals surface area contributed by atoms with Crippen LogP contribution >= 0.6 is 11.6 Å². The lowest BCUT2D eigenvalue weighted by atomic mass is 9.93. The lowest BCUT2D eigenvalue weighted by Gasteiger charge is -2.25. The summed E-state index contributed by atoms with van der Waals surface area (Å²) in [4.78, 5) is 21.4. The highest BCUT2D eigenvalue weighted by Gasteiger charge is 2.26. The molecule has 170 valence electrons. The first-order valence-corrected chi connectivity index (χ1v) is 12.0. The molecule has 0 bridgehead atoms. The number of aryl methyl sites for hydroxylation is 2. The van der Waals surface area contributed by atoms with Gasteiger partial charge >= 0.3 is 0 Å². The Labute approximate surface area is 196 Å². The van der Waals surface area contributed by atoms with Crippen molar-refractivity contribution in [2.24, 2.45) is 0 Å². The summed E-state index contributed by atoms with van der Waals surface area (Å²) >= 11 is 6.65. The van der Waals surface area contributed by atoms with Crippen LogP contribution in [0.25, 0.3) is 11.0 Å². The molecule has 1 aliphatic rings. The van der Waals surface area contributed by atoms with Gasteiger partial charge in [-0.1, -0.05) is 31.5 Å². The highest BCUT2D eigenvalue weighted by molar-refractivity contribution is 6.35. The Kier molecular flexibility index (Phi) is 6.47. The van der Waals surface area contributed by atoms with E-state index in [1.54, 1.807) is 19.0 Å². The average molecular weight is 453 g/mol. The minimum atomic E-state index is 0.0179. The Hall–Kier alpha value is -2.53. The molecule has 0 aliphatic carbocycles. The molecule has 32 heavy (non-hydrogen) atoms. The molecule has 2 aromatic carbocycles. The first-order chi connectivity index (χ1) is 15.4. The number of carbonyl (C=O) groups excluding carboxylic acids is 1. The number of nitrogens with zero attached hydrogens (tertiary/aromatic N) is 4. The Morgan fingerprint density at radius 1 is 1.12 bits per heavy atom. The summed E-state index contributed by atoms with van der Waals surface area (Å²) < 4.78 is 2.38. The van der Waals surface area contributed by atoms with Crippen LogP contribution < -0.4 is 4.90 Å². The third-order valence-electron chi connectivity index (χ3n) is 6.68. The van der Waals surface area contributed by atoms with E-state index in [9.17, 15) is 4.79 Å². The van der Waals surface area contributed by atoms with Crippen molar-refractivity contribution < 1.29 is 4.79 Å². The van der Waals surface area contributed by atoms with Crippen molar-refractivity contribution >= 4 is 40.2 Å². The standard InChI is InChI=1S/C26H33ClN4O/c1-6-18(7-2)20-11-12-21(27)23-24(20)31-15-9-8-14-30(26(31)28-23)22-13-10-19(16-17(22)3)25(32)29(4)5/h10-13,16,18H,6-9,14-15H2,1-5H3. The van der Waals surface area contributed by atoms with E-state index in [2.05, 4.69) is 42.4 Å². The zero-order chi connectivity index (χ0) is 23.0. The summed E-state index contributed by atoms with van der Waals surface area (Å²) in [6.07, 6.45) is 4.37. The van der Waals surface area contributed by atoms with Crippen LogP contribution in [-0.4, -0.2) is 41.0 Å². The number of halogens is 1. The molecule has 4 rings (SSSR count). The number of fused-ring (bicyclic) bond motifs is 3. The molecule has 2 heterocycles. The molecule has 0 saturated heterocycles. The summed E-state index contributed by atoms with van der Waals surface area (Å²) in [5, 5.41) is 0.707. The third kappa shape index (κ3) is 3.88. The third-order valence-corrected chi connectivity index (χ3v) is 6.98. The fourth-order valence-corrected chi connectivity index (χ4v) is 5.11. The molecule has 1 aliphatic heterocycles. The Balaban J connectivity index is 1.88. The molecule has 0 radical (unpaired) electrons. The molecule has 5 nitrogen and oxygen atoms in total. The quantitative estimate of drug-likeness (QED) is 0.441. The van der Waals surface area contributed by atoms with Crippen molar-refractivity contribution in [3.8, 4) is 0 Å². The monoisotopic (exact) mass is 452 g/mol. The lowest BCUT2D eigenvalue weighted by molar-refractivity contribution is 0.0827. The van der Waals surface area contributed by atoms with Gasteiger partial charge in [-0.2, -0.15) is 0 Å². The molecule has 6 heteroatoms. The highest BCUT2D eigenvalue weighted by Crippen LogP contribution is 2.39. The van der Waals surface area contributed by atoms with Crippen LogP contribution in [0.1, 0.15) is 66.9 Å². The number of rotatable bonds is 5. The predicted octanol–water partition coefficient (Wildman–Crippen LogP) is 6.54. The smallest absolute Gasteiger partial charge is 0.253 e. The predicted molar refractivity (Wildman–Crippen MR) is 134 cm³/mol. The fraction of sp³-hybridized carbons (Fsp3) is 0.462. The van der Waals surface area contributed by atoms with Gasteiger partial charge in [0.1, 0.15) is 5.52 Å². The summed E-state index contributed by atoms with van der Waals surface area (Å²) in [6, 6.07) is 10.2. The molecule has 0 saturated carbocycles. The van der Waals surface area contributed by atoms with E-state index in [0.717, 1.165) is 61.5 Å². The molecule has 1 amide bonds. The maximum Gasteiger partial charge on any atom is 0.253 e. The molecular formula is C26H33ClN4O. The van der Waals surface area contributed by atoms with Gasteiger partial charge in [-0.05, 0) is 73.9 Å². The summed E-state index contributed by atoms with van der Waals surface area (Å²) in [5.41, 5.74) is 6.31. The van der Waals surface area contributed by atoms with Gasteiger partial charge in [0.15, 0.2) is 0 Å². The molecule has 0 atom stereocenters. The van der Waals surface area contributed by atoms with E-state index in [-0.39, 0.29) is 5.91 Å². The number of hydrogen-bond acceptors (Lipinski definition) is 3. The minimum Gasteiger partial charge on any atom is -0.345 e. The van der Waals surface area contributed by atoms with Crippen LogP contribution in [0.4, 0.5) is 11.6 Å². The van der Waals surface area contributed by atoms with Gasteiger partial charge in [0.05, 0.1) is 10.5 Å². The number of carbonyl (C=O) groups is 1. The second-order valence-electron chi connectivity index (χ2n) is 8.97.